The molecule has 71 heavy (non-hydrogen) atoms. The molecule has 4 N–H and O–H groups in total. The molecule has 0 atom stereocenters. The van der Waals surface area contributed by atoms with Crippen LogP contribution < -0.4 is 35.3 Å². The van der Waals surface area contributed by atoms with Crippen molar-refractivity contribution in [3.05, 3.63) is 133 Å². The van der Waals surface area contributed by atoms with Crippen molar-refractivity contribution in [2.45, 2.75) is 21.3 Å². The van der Waals surface area contributed by atoms with Crippen LogP contribution in [-0.4, -0.2) is 106 Å². The first-order valence-corrected chi connectivity index (χ1v) is 23.2. The van der Waals surface area contributed by atoms with Crippen molar-refractivity contribution in [2.24, 2.45) is 4.99 Å². The van der Waals surface area contributed by atoms with Gasteiger partial charge in [0, 0.05) is 0 Å². The second kappa shape index (κ2) is 29.1. The Labute approximate surface area is 443 Å². The monoisotopic (exact) mass is 1050 g/mol. The van der Waals surface area contributed by atoms with Crippen molar-refractivity contribution < 1.29 is 78.3 Å². The number of hydrogen-bond donors (Lipinski definition) is 2. The molecule has 10 aromatic rings. The number of nitrogen functional groups attached to an aromatic ring is 1. The van der Waals surface area contributed by atoms with E-state index < -0.39 is 23.9 Å². The number of thiazole rings is 4. The number of aliphatic imine (C=N–C) groups is 1. The summed E-state index contributed by atoms with van der Waals surface area (Å²) in [6, 6.07) is 31.2. The van der Waals surface area contributed by atoms with Gasteiger partial charge in [-0.3, -0.25) is 13.9 Å². The SMILES string of the molecule is C.CCOC(=O)C=Nc1nc2ccccc2s1.CCOC(=O)C=O.COC(=O)c1cncn1-c1nc2ccccc2s1.Nc1nc2ccccc2s1.O=C(O)c1cncn1-c1nc2ccccc2s1.[Na+].[OH-]. The Kier molecular flexibility index (Phi) is 23.9. The maximum atomic E-state index is 11.6. The van der Waals surface area contributed by atoms with Gasteiger partial charge < -0.3 is 30.5 Å². The molecule has 0 aliphatic heterocycles. The number of carboxylic acids is 1. The van der Waals surface area contributed by atoms with Gasteiger partial charge in [0.15, 0.2) is 26.8 Å². The molecule has 362 valence electrons. The first-order valence-electron chi connectivity index (χ1n) is 19.9. The number of para-hydroxylation sites is 4. The number of carbonyl (C=O) groups is 5. The Morgan fingerprint density at radius 3 is 1.49 bits per heavy atom. The molecule has 0 spiro atoms. The zero-order chi connectivity index (χ0) is 48.4. The fourth-order valence-electron chi connectivity index (χ4n) is 5.50. The molecule has 4 aromatic carbocycles. The summed E-state index contributed by atoms with van der Waals surface area (Å²) in [5.74, 6) is -2.68. The molecule has 6 aromatic heterocycles. The fourth-order valence-corrected chi connectivity index (χ4v) is 8.95. The van der Waals surface area contributed by atoms with Gasteiger partial charge in [-0.2, -0.15) is 0 Å². The van der Waals surface area contributed by atoms with Crippen LogP contribution in [-0.2, 0) is 28.6 Å². The third-order valence-corrected chi connectivity index (χ3v) is 12.3. The molecule has 0 saturated carbocycles. The van der Waals surface area contributed by atoms with Gasteiger partial charge in [0.05, 0.1) is 73.6 Å². The second-order valence-electron chi connectivity index (χ2n) is 12.9. The third kappa shape index (κ3) is 16.2. The van der Waals surface area contributed by atoms with Crippen LogP contribution in [0.25, 0.3) is 51.1 Å². The van der Waals surface area contributed by atoms with E-state index in [1.54, 1.807) is 24.7 Å². The van der Waals surface area contributed by atoms with Gasteiger partial charge in [-0.25, -0.2) is 54.1 Å². The van der Waals surface area contributed by atoms with E-state index in [1.807, 2.05) is 97.1 Å². The van der Waals surface area contributed by atoms with E-state index in [9.17, 15) is 24.0 Å². The van der Waals surface area contributed by atoms with Crippen LogP contribution >= 0.6 is 45.3 Å². The number of ether oxygens (including phenoxy) is 3. The van der Waals surface area contributed by atoms with E-state index >= 15 is 0 Å². The van der Waals surface area contributed by atoms with E-state index in [0.717, 1.165) is 47.1 Å². The normalized spacial score (nSPS) is 10.0. The van der Waals surface area contributed by atoms with Gasteiger partial charge in [-0.05, 0) is 62.4 Å². The Morgan fingerprint density at radius 2 is 1.07 bits per heavy atom. The fraction of sp³-hybridized carbons (Fsp3) is 0.130. The number of methoxy groups -OCH3 is 1. The number of carbonyl (C=O) groups excluding carboxylic acids is 4. The van der Waals surface area contributed by atoms with Crippen LogP contribution in [0, 0.1) is 0 Å². The molecular weight excluding hydrogens is 1000 g/mol. The zero-order valence-corrected chi connectivity index (χ0v) is 42.8. The Bertz CT molecular complexity index is 3210. The zero-order valence-electron chi connectivity index (χ0n) is 37.5. The van der Waals surface area contributed by atoms with Crippen molar-refractivity contribution in [2.75, 3.05) is 26.1 Å². The molecule has 20 nitrogen and oxygen atoms in total. The Morgan fingerprint density at radius 1 is 0.648 bits per heavy atom. The summed E-state index contributed by atoms with van der Waals surface area (Å²) in [6.07, 6.45) is 7.10. The van der Waals surface area contributed by atoms with Gasteiger partial charge in [-0.1, -0.05) is 101 Å². The number of esters is 3. The summed E-state index contributed by atoms with van der Waals surface area (Å²) < 4.78 is 21.0. The van der Waals surface area contributed by atoms with Crippen LogP contribution in [0.15, 0.2) is 127 Å². The maximum Gasteiger partial charge on any atom is 1.00 e. The Hall–Kier alpha value is -7.16. The third-order valence-electron chi connectivity index (χ3n) is 8.41. The molecule has 10 rings (SSSR count). The van der Waals surface area contributed by atoms with E-state index in [2.05, 4.69) is 39.6 Å². The van der Waals surface area contributed by atoms with E-state index in [1.165, 1.54) is 75.7 Å². The first-order chi connectivity index (χ1) is 33.0. The van der Waals surface area contributed by atoms with Crippen LogP contribution in [0.1, 0.15) is 42.3 Å². The first kappa shape index (κ1) is 58.2. The molecule has 0 unspecified atom stereocenters. The minimum atomic E-state index is -1.01. The minimum absolute atomic E-state index is 0. The Balaban J connectivity index is 0.000000240. The number of hydrogen-bond acceptors (Lipinski definition) is 21. The summed E-state index contributed by atoms with van der Waals surface area (Å²) >= 11 is 5.90. The number of anilines is 1. The number of benzene rings is 4. The van der Waals surface area contributed by atoms with Gasteiger partial charge in [0.1, 0.15) is 18.9 Å². The van der Waals surface area contributed by atoms with E-state index in [-0.39, 0.29) is 61.0 Å². The predicted octanol–water partition coefficient (Wildman–Crippen LogP) is 6.10. The molecule has 0 fully saturated rings. The van der Waals surface area contributed by atoms with Crippen molar-refractivity contribution in [1.82, 2.24) is 39.0 Å². The second-order valence-corrected chi connectivity index (χ2v) is 17.0. The van der Waals surface area contributed by atoms with Gasteiger partial charge >= 0.3 is 53.4 Å². The van der Waals surface area contributed by atoms with Crippen molar-refractivity contribution in [3.8, 4) is 10.3 Å². The topological polar surface area (TPSA) is 289 Å². The average molecular weight is 1050 g/mol. The average Bonchev–Trinajstić information content (AvgIpc) is 4.22. The maximum absolute atomic E-state index is 11.6. The van der Waals surface area contributed by atoms with Gasteiger partial charge in [0.2, 0.25) is 11.4 Å². The molecule has 0 saturated heterocycles. The molecule has 0 bridgehead atoms. The van der Waals surface area contributed by atoms with Crippen molar-refractivity contribution in [1.29, 1.82) is 0 Å². The quantitative estimate of drug-likeness (QED) is 0.0412. The minimum Gasteiger partial charge on any atom is -0.870 e. The van der Waals surface area contributed by atoms with Crippen LogP contribution in [0.3, 0.4) is 0 Å². The summed E-state index contributed by atoms with van der Waals surface area (Å²) in [4.78, 5) is 81.8. The summed E-state index contributed by atoms with van der Waals surface area (Å²) in [5.41, 5.74) is 9.63. The van der Waals surface area contributed by atoms with Crippen LogP contribution in [0.4, 0.5) is 10.3 Å². The number of aldehydes is 1. The van der Waals surface area contributed by atoms with E-state index in [0.29, 0.717) is 32.8 Å². The van der Waals surface area contributed by atoms with Gasteiger partial charge in [-0.15, -0.1) is 0 Å². The standard InChI is InChI=1S/C12H9N3O2S.C11H7N3O2S.C11H10N2O2S.C7H6N2S.C4H6O3.CH4.Na.H2O/c1-17-11(16)9-6-13-7-15(9)12-14-8-4-2-3-5-10(8)18-12;15-10(16)8-5-12-6-14(8)11-13-7-3-1-2-4-9(7)17-11;1-2-15-10(14)7-12-11-13-8-5-3-4-6-9(8)16-11;8-7-9-5-3-1-2-4-6(5)10-7;1-2-7-4(6)3-5;;;/h2-7H,1H3;1-6H,(H,15,16);3-7H,2H2,1H3;1-4H,(H2,8,9);3H,2H2,1H3;1H4;;1H2/q;;;;;;+1;/p-1. The summed E-state index contributed by atoms with van der Waals surface area (Å²) in [6.45, 7) is 4.01. The smallest absolute Gasteiger partial charge is 0.870 e. The molecule has 0 aliphatic carbocycles. The van der Waals surface area contributed by atoms with Crippen molar-refractivity contribution >= 4 is 133 Å². The molecule has 0 radical (unpaired) electrons. The van der Waals surface area contributed by atoms with Crippen LogP contribution in [0.2, 0.25) is 0 Å². The van der Waals surface area contributed by atoms with Crippen LogP contribution in [0.5, 0.6) is 0 Å². The molecule has 0 aliphatic rings. The number of nitrogens with zero attached hydrogens (tertiary/aromatic N) is 9. The number of imidazole rings is 2. The van der Waals surface area contributed by atoms with E-state index in [4.69, 9.17) is 20.3 Å². The summed E-state index contributed by atoms with van der Waals surface area (Å²) in [7, 11) is 1.35. The number of nitrogens with two attached hydrogens (primary N) is 1. The molecule has 25 heteroatoms. The van der Waals surface area contributed by atoms with Gasteiger partial charge in [0.25, 0.3) is 0 Å². The number of aromatic carboxylic acids is 1. The molecule has 0 amide bonds. The predicted molar refractivity (Wildman–Crippen MR) is 272 cm³/mol. The number of aromatic nitrogens is 8. The molecule has 6 heterocycles. The number of carboxylic acid groups (broad SMARTS) is 1. The number of fused-ring (bicyclic) bond motifs is 4. The molecular formula is C46H43N10NaO10S4. The number of rotatable bonds is 9. The summed E-state index contributed by atoms with van der Waals surface area (Å²) in [5, 5.41) is 11.5. The van der Waals surface area contributed by atoms with Crippen molar-refractivity contribution in [3.63, 3.8) is 0 Å². The largest absolute Gasteiger partial charge is 1.00 e.